The fourth-order valence-corrected chi connectivity index (χ4v) is 3.86. The summed E-state index contributed by atoms with van der Waals surface area (Å²) in [6.45, 7) is 6.40. The predicted octanol–water partition coefficient (Wildman–Crippen LogP) is 3.27. The van der Waals surface area contributed by atoms with E-state index in [1.165, 1.54) is 16.8 Å². The standard InChI is InChI=1S/C24H30N6/c1-2-25-24(28-22-13-16-29(19-22)23-11-4-3-5-12-23)26-17-20-9-6-7-10-21(20)18-30-15-8-14-27-30/h3-12,14-15,22H,2,13,16-19H2,1H3,(H2,25,26,28). The summed E-state index contributed by atoms with van der Waals surface area (Å²) in [5, 5.41) is 11.4. The van der Waals surface area contributed by atoms with Gasteiger partial charge in [0.1, 0.15) is 0 Å². The average Bonchev–Trinajstić information content (AvgIpc) is 3.46. The lowest BCUT2D eigenvalue weighted by Crippen LogP contribution is -2.44. The number of nitrogens with one attached hydrogen (secondary N) is 2. The quantitative estimate of drug-likeness (QED) is 0.470. The van der Waals surface area contributed by atoms with E-state index in [9.17, 15) is 0 Å². The minimum Gasteiger partial charge on any atom is -0.369 e. The molecule has 1 aliphatic rings. The average molecular weight is 403 g/mol. The van der Waals surface area contributed by atoms with Crippen LogP contribution in [0.25, 0.3) is 0 Å². The number of anilines is 1. The molecule has 1 aliphatic heterocycles. The number of benzene rings is 2. The van der Waals surface area contributed by atoms with Crippen molar-refractivity contribution in [2.24, 2.45) is 4.99 Å². The molecule has 3 aromatic rings. The van der Waals surface area contributed by atoms with Gasteiger partial charge in [0.25, 0.3) is 0 Å². The maximum atomic E-state index is 4.88. The lowest BCUT2D eigenvalue weighted by molar-refractivity contribution is 0.648. The van der Waals surface area contributed by atoms with Crippen molar-refractivity contribution in [3.8, 4) is 0 Å². The van der Waals surface area contributed by atoms with Gasteiger partial charge in [0.15, 0.2) is 5.96 Å². The monoisotopic (exact) mass is 402 g/mol. The Morgan fingerprint density at radius 3 is 2.63 bits per heavy atom. The fourth-order valence-electron chi connectivity index (χ4n) is 3.86. The molecule has 6 nitrogen and oxygen atoms in total. The van der Waals surface area contributed by atoms with Crippen molar-refractivity contribution in [2.75, 3.05) is 24.5 Å². The second kappa shape index (κ2) is 9.96. The number of para-hydroxylation sites is 1. The molecule has 1 fully saturated rings. The van der Waals surface area contributed by atoms with Crippen molar-refractivity contribution < 1.29 is 0 Å². The molecular formula is C24H30N6. The van der Waals surface area contributed by atoms with E-state index in [1.54, 1.807) is 0 Å². The molecule has 1 saturated heterocycles. The molecular weight excluding hydrogens is 372 g/mol. The summed E-state index contributed by atoms with van der Waals surface area (Å²) in [5.74, 6) is 0.881. The van der Waals surface area contributed by atoms with Gasteiger partial charge in [-0.1, -0.05) is 42.5 Å². The van der Waals surface area contributed by atoms with Crippen molar-refractivity contribution in [3.63, 3.8) is 0 Å². The number of hydrogen-bond acceptors (Lipinski definition) is 3. The van der Waals surface area contributed by atoms with E-state index in [2.05, 4.69) is 82.2 Å². The highest BCUT2D eigenvalue weighted by atomic mass is 15.3. The third-order valence-electron chi connectivity index (χ3n) is 5.41. The Labute approximate surface area is 178 Å². The van der Waals surface area contributed by atoms with Crippen LogP contribution in [0.1, 0.15) is 24.5 Å². The third-order valence-corrected chi connectivity index (χ3v) is 5.41. The van der Waals surface area contributed by atoms with E-state index in [4.69, 9.17) is 4.99 Å². The highest BCUT2D eigenvalue weighted by Gasteiger charge is 2.23. The Bertz CT molecular complexity index is 935. The molecule has 6 heteroatoms. The number of aliphatic imine (C=N–C) groups is 1. The molecule has 1 aromatic heterocycles. The molecule has 0 radical (unpaired) electrons. The second-order valence-electron chi connectivity index (χ2n) is 7.58. The summed E-state index contributed by atoms with van der Waals surface area (Å²) in [6, 6.07) is 21.4. The zero-order chi connectivity index (χ0) is 20.6. The SMILES string of the molecule is CCNC(=NCc1ccccc1Cn1cccn1)NC1CCN(c2ccccc2)C1. The molecule has 2 heterocycles. The lowest BCUT2D eigenvalue weighted by Gasteiger charge is -2.20. The number of nitrogens with zero attached hydrogens (tertiary/aromatic N) is 4. The molecule has 30 heavy (non-hydrogen) atoms. The molecule has 0 aliphatic carbocycles. The molecule has 2 aromatic carbocycles. The smallest absolute Gasteiger partial charge is 0.191 e. The Balaban J connectivity index is 1.40. The van der Waals surface area contributed by atoms with Crippen molar-refractivity contribution in [1.82, 2.24) is 20.4 Å². The first kappa shape index (κ1) is 20.0. The first-order chi connectivity index (χ1) is 14.8. The normalized spacial score (nSPS) is 16.6. The van der Waals surface area contributed by atoms with E-state index < -0.39 is 0 Å². The predicted molar refractivity (Wildman–Crippen MR) is 123 cm³/mol. The second-order valence-corrected chi connectivity index (χ2v) is 7.58. The van der Waals surface area contributed by atoms with Crippen LogP contribution in [0.4, 0.5) is 5.69 Å². The highest BCUT2D eigenvalue weighted by Crippen LogP contribution is 2.19. The van der Waals surface area contributed by atoms with E-state index in [1.807, 2.05) is 23.1 Å². The van der Waals surface area contributed by atoms with Gasteiger partial charge >= 0.3 is 0 Å². The Hall–Kier alpha value is -3.28. The van der Waals surface area contributed by atoms with Gasteiger partial charge < -0.3 is 15.5 Å². The summed E-state index contributed by atoms with van der Waals surface area (Å²) in [6.07, 6.45) is 4.91. The van der Waals surface area contributed by atoms with Gasteiger partial charge in [-0.3, -0.25) is 4.68 Å². The van der Waals surface area contributed by atoms with Gasteiger partial charge in [-0.05, 0) is 42.7 Å². The maximum Gasteiger partial charge on any atom is 0.191 e. The topological polar surface area (TPSA) is 57.5 Å². The van der Waals surface area contributed by atoms with Crippen LogP contribution in [-0.2, 0) is 13.1 Å². The van der Waals surface area contributed by atoms with Crippen LogP contribution >= 0.6 is 0 Å². The Morgan fingerprint density at radius 1 is 1.07 bits per heavy atom. The van der Waals surface area contributed by atoms with Gasteiger partial charge in [-0.2, -0.15) is 5.10 Å². The molecule has 1 unspecified atom stereocenters. The zero-order valence-electron chi connectivity index (χ0n) is 17.5. The minimum atomic E-state index is 0.391. The first-order valence-electron chi connectivity index (χ1n) is 10.7. The van der Waals surface area contributed by atoms with Crippen LogP contribution in [0.3, 0.4) is 0 Å². The van der Waals surface area contributed by atoms with E-state index >= 15 is 0 Å². The summed E-state index contributed by atoms with van der Waals surface area (Å²) in [7, 11) is 0. The summed E-state index contributed by atoms with van der Waals surface area (Å²) >= 11 is 0. The van der Waals surface area contributed by atoms with Crippen molar-refractivity contribution in [3.05, 3.63) is 84.2 Å². The van der Waals surface area contributed by atoms with Gasteiger partial charge in [0.05, 0.1) is 13.1 Å². The van der Waals surface area contributed by atoms with Crippen LogP contribution < -0.4 is 15.5 Å². The van der Waals surface area contributed by atoms with Crippen molar-refractivity contribution >= 4 is 11.6 Å². The Kier molecular flexibility index (Phi) is 6.65. The van der Waals surface area contributed by atoms with Gasteiger partial charge in [0, 0.05) is 43.8 Å². The molecule has 2 N–H and O–H groups in total. The van der Waals surface area contributed by atoms with E-state index in [0.717, 1.165) is 38.6 Å². The first-order valence-corrected chi connectivity index (χ1v) is 10.7. The summed E-state index contributed by atoms with van der Waals surface area (Å²) < 4.78 is 1.95. The van der Waals surface area contributed by atoms with Gasteiger partial charge in [0.2, 0.25) is 0 Å². The number of rotatable bonds is 7. The fraction of sp³-hybridized carbons (Fsp3) is 0.333. The van der Waals surface area contributed by atoms with Crippen LogP contribution in [-0.4, -0.2) is 41.4 Å². The van der Waals surface area contributed by atoms with Gasteiger partial charge in [-0.25, -0.2) is 4.99 Å². The van der Waals surface area contributed by atoms with Gasteiger partial charge in [-0.15, -0.1) is 0 Å². The van der Waals surface area contributed by atoms with Crippen LogP contribution in [0.2, 0.25) is 0 Å². The van der Waals surface area contributed by atoms with Crippen molar-refractivity contribution in [2.45, 2.75) is 32.5 Å². The summed E-state index contributed by atoms with van der Waals surface area (Å²) in [5.41, 5.74) is 3.76. The molecule has 0 amide bonds. The minimum absolute atomic E-state index is 0.391. The lowest BCUT2D eigenvalue weighted by atomic mass is 10.1. The maximum absolute atomic E-state index is 4.88. The molecule has 156 valence electrons. The van der Waals surface area contributed by atoms with Crippen LogP contribution in [0.5, 0.6) is 0 Å². The molecule has 4 rings (SSSR count). The van der Waals surface area contributed by atoms with E-state index in [0.29, 0.717) is 12.6 Å². The van der Waals surface area contributed by atoms with Crippen molar-refractivity contribution in [1.29, 1.82) is 0 Å². The third kappa shape index (κ3) is 5.20. The van der Waals surface area contributed by atoms with Crippen LogP contribution in [0.15, 0.2) is 78.0 Å². The van der Waals surface area contributed by atoms with E-state index in [-0.39, 0.29) is 0 Å². The zero-order valence-corrected chi connectivity index (χ0v) is 17.5. The molecule has 0 bridgehead atoms. The molecule has 0 saturated carbocycles. The molecule has 0 spiro atoms. The molecule has 1 atom stereocenters. The number of guanidine groups is 1. The summed E-state index contributed by atoms with van der Waals surface area (Å²) in [4.78, 5) is 7.31. The number of aromatic nitrogens is 2. The highest BCUT2D eigenvalue weighted by molar-refractivity contribution is 5.80. The Morgan fingerprint density at radius 2 is 1.87 bits per heavy atom. The largest absolute Gasteiger partial charge is 0.369 e. The van der Waals surface area contributed by atoms with Crippen LogP contribution in [0, 0.1) is 0 Å². The number of hydrogen-bond donors (Lipinski definition) is 2.